The van der Waals surface area contributed by atoms with Crippen molar-refractivity contribution in [3.63, 3.8) is 0 Å². The van der Waals surface area contributed by atoms with Gasteiger partial charge in [-0.05, 0) is 26.0 Å². The highest BCUT2D eigenvalue weighted by Crippen LogP contribution is 2.31. The van der Waals surface area contributed by atoms with E-state index < -0.39 is 0 Å². The molecule has 1 aromatic rings. The molecule has 4 nitrogen and oxygen atoms in total. The molecule has 0 radical (unpaired) electrons. The van der Waals surface area contributed by atoms with E-state index in [4.69, 9.17) is 27.9 Å². The highest BCUT2D eigenvalue weighted by atomic mass is 35.5. The van der Waals surface area contributed by atoms with Crippen molar-refractivity contribution in [3.05, 3.63) is 28.0 Å². The van der Waals surface area contributed by atoms with Crippen LogP contribution in [0.2, 0.25) is 10.0 Å². The van der Waals surface area contributed by atoms with E-state index in [1.54, 1.807) is 12.3 Å². The minimum atomic E-state index is -0.0775. The third kappa shape index (κ3) is 4.06. The van der Waals surface area contributed by atoms with Gasteiger partial charge in [-0.2, -0.15) is 0 Å². The monoisotopic (exact) mass is 318 g/mol. The molecule has 0 aromatic carbocycles. The molecule has 1 aromatic heterocycles. The second-order valence-corrected chi connectivity index (χ2v) is 6.37. The van der Waals surface area contributed by atoms with Crippen molar-refractivity contribution in [2.75, 3.05) is 33.4 Å². The Balaban J connectivity index is 1.98. The number of rotatable bonds is 5. The summed E-state index contributed by atoms with van der Waals surface area (Å²) in [6.07, 6.45) is 3.37. The van der Waals surface area contributed by atoms with Gasteiger partial charge in [0, 0.05) is 37.9 Å². The number of ether oxygens (including phenoxy) is 1. The van der Waals surface area contributed by atoms with E-state index >= 15 is 0 Å². The van der Waals surface area contributed by atoms with Crippen LogP contribution in [0.4, 0.5) is 0 Å². The van der Waals surface area contributed by atoms with Gasteiger partial charge in [-0.25, -0.2) is 0 Å². The molecule has 20 heavy (non-hydrogen) atoms. The maximum atomic E-state index is 9.71. The number of hydrogen-bond donors (Lipinski definition) is 1. The average Bonchev–Trinajstić information content (AvgIpc) is 2.43. The first-order valence-corrected chi connectivity index (χ1v) is 7.47. The zero-order valence-electron chi connectivity index (χ0n) is 11.6. The van der Waals surface area contributed by atoms with Crippen molar-refractivity contribution in [1.82, 2.24) is 9.88 Å². The lowest BCUT2D eigenvalue weighted by Gasteiger charge is -2.38. The molecule has 0 aliphatic carbocycles. The first-order chi connectivity index (χ1) is 9.54. The van der Waals surface area contributed by atoms with Crippen LogP contribution in [-0.2, 0) is 11.3 Å². The number of hydrogen-bond acceptors (Lipinski definition) is 4. The Labute approximate surface area is 129 Å². The first kappa shape index (κ1) is 16.0. The van der Waals surface area contributed by atoms with Crippen LogP contribution in [0.5, 0.6) is 0 Å². The maximum Gasteiger partial charge on any atom is 0.0730 e. The molecule has 2 rings (SSSR count). The fourth-order valence-corrected chi connectivity index (χ4v) is 3.05. The maximum absolute atomic E-state index is 9.71. The van der Waals surface area contributed by atoms with Crippen molar-refractivity contribution >= 4 is 23.2 Å². The zero-order valence-corrected chi connectivity index (χ0v) is 13.1. The predicted molar refractivity (Wildman–Crippen MR) is 80.2 cm³/mol. The van der Waals surface area contributed by atoms with Gasteiger partial charge in [0.05, 0.1) is 22.3 Å². The Morgan fingerprint density at radius 2 is 2.10 bits per heavy atom. The zero-order chi connectivity index (χ0) is 14.6. The van der Waals surface area contributed by atoms with E-state index in [2.05, 4.69) is 9.88 Å². The summed E-state index contributed by atoms with van der Waals surface area (Å²) < 4.78 is 5.38. The van der Waals surface area contributed by atoms with Gasteiger partial charge >= 0.3 is 0 Å². The molecule has 0 atom stereocenters. The SMILES string of the molecule is CN(Cc1ncc(Cl)cc1Cl)CC1(CO)CCOCC1. The molecule has 2 heterocycles. The normalized spacial score (nSPS) is 18.4. The summed E-state index contributed by atoms with van der Waals surface area (Å²) in [6.45, 7) is 3.05. The van der Waals surface area contributed by atoms with Gasteiger partial charge in [-0.15, -0.1) is 0 Å². The fourth-order valence-electron chi connectivity index (χ4n) is 2.61. The quantitative estimate of drug-likeness (QED) is 0.906. The van der Waals surface area contributed by atoms with Gasteiger partial charge in [0.15, 0.2) is 0 Å². The van der Waals surface area contributed by atoms with Crippen molar-refractivity contribution in [2.45, 2.75) is 19.4 Å². The first-order valence-electron chi connectivity index (χ1n) is 6.72. The van der Waals surface area contributed by atoms with Crippen LogP contribution in [0.3, 0.4) is 0 Å². The van der Waals surface area contributed by atoms with Crippen LogP contribution in [0.25, 0.3) is 0 Å². The van der Waals surface area contributed by atoms with Gasteiger partial charge < -0.3 is 9.84 Å². The summed E-state index contributed by atoms with van der Waals surface area (Å²) in [4.78, 5) is 6.41. The lowest BCUT2D eigenvalue weighted by atomic mass is 9.80. The van der Waals surface area contributed by atoms with Crippen LogP contribution >= 0.6 is 23.2 Å². The van der Waals surface area contributed by atoms with Crippen molar-refractivity contribution in [3.8, 4) is 0 Å². The molecule has 0 unspecified atom stereocenters. The van der Waals surface area contributed by atoms with Crippen LogP contribution in [0, 0.1) is 5.41 Å². The molecule has 0 saturated carbocycles. The highest BCUT2D eigenvalue weighted by molar-refractivity contribution is 6.34. The summed E-state index contributed by atoms with van der Waals surface area (Å²) in [5, 5.41) is 10.8. The Bertz CT molecular complexity index is 451. The number of aliphatic hydroxyl groups is 1. The summed E-state index contributed by atoms with van der Waals surface area (Å²) >= 11 is 12.0. The van der Waals surface area contributed by atoms with E-state index in [0.717, 1.165) is 25.1 Å². The van der Waals surface area contributed by atoms with E-state index in [0.29, 0.717) is 29.8 Å². The third-order valence-electron chi connectivity index (χ3n) is 3.80. The minimum Gasteiger partial charge on any atom is -0.396 e. The highest BCUT2D eigenvalue weighted by Gasteiger charge is 2.33. The summed E-state index contributed by atoms with van der Waals surface area (Å²) in [5.41, 5.74) is 0.727. The van der Waals surface area contributed by atoms with Gasteiger partial charge in [0.2, 0.25) is 0 Å². The smallest absolute Gasteiger partial charge is 0.0730 e. The summed E-state index contributed by atoms with van der Waals surface area (Å²) in [6, 6.07) is 1.70. The fraction of sp³-hybridized carbons (Fsp3) is 0.643. The van der Waals surface area contributed by atoms with Crippen molar-refractivity contribution in [1.29, 1.82) is 0 Å². The molecule has 1 saturated heterocycles. The lowest BCUT2D eigenvalue weighted by Crippen LogP contribution is -2.42. The Kier molecular flexibility index (Phi) is 5.64. The van der Waals surface area contributed by atoms with E-state index in [1.165, 1.54) is 0 Å². The van der Waals surface area contributed by atoms with E-state index in [9.17, 15) is 5.11 Å². The number of aliphatic hydroxyl groups excluding tert-OH is 1. The van der Waals surface area contributed by atoms with E-state index in [1.807, 2.05) is 7.05 Å². The number of nitrogens with zero attached hydrogens (tertiary/aromatic N) is 2. The molecule has 1 N–H and O–H groups in total. The Morgan fingerprint density at radius 1 is 1.40 bits per heavy atom. The summed E-state index contributed by atoms with van der Waals surface area (Å²) in [5.74, 6) is 0. The van der Waals surface area contributed by atoms with Crippen molar-refractivity contribution in [2.24, 2.45) is 5.41 Å². The Morgan fingerprint density at radius 3 is 2.70 bits per heavy atom. The number of halogens is 2. The van der Waals surface area contributed by atoms with Crippen molar-refractivity contribution < 1.29 is 9.84 Å². The molecule has 0 bridgehead atoms. The predicted octanol–water partition coefficient (Wildman–Crippen LogP) is 2.61. The molecular weight excluding hydrogens is 299 g/mol. The average molecular weight is 319 g/mol. The van der Waals surface area contributed by atoms with Gasteiger partial charge in [-0.1, -0.05) is 23.2 Å². The van der Waals surface area contributed by atoms with Crippen LogP contribution in [0.1, 0.15) is 18.5 Å². The second-order valence-electron chi connectivity index (χ2n) is 5.52. The van der Waals surface area contributed by atoms with Crippen LogP contribution < -0.4 is 0 Å². The molecule has 1 aliphatic rings. The van der Waals surface area contributed by atoms with Gasteiger partial charge in [-0.3, -0.25) is 9.88 Å². The molecule has 1 fully saturated rings. The molecular formula is C14H20Cl2N2O2. The third-order valence-corrected chi connectivity index (χ3v) is 4.33. The summed E-state index contributed by atoms with van der Waals surface area (Å²) in [7, 11) is 2.01. The Hall–Kier alpha value is -0.390. The molecule has 0 amide bonds. The largest absolute Gasteiger partial charge is 0.396 e. The van der Waals surface area contributed by atoms with Gasteiger partial charge in [0.1, 0.15) is 0 Å². The minimum absolute atomic E-state index is 0.0775. The lowest BCUT2D eigenvalue weighted by molar-refractivity contribution is -0.0319. The molecule has 112 valence electrons. The number of aromatic nitrogens is 1. The molecule has 0 spiro atoms. The standard InChI is InChI=1S/C14H20Cl2N2O2/c1-18(8-13-12(16)6-11(15)7-17-13)9-14(10-19)2-4-20-5-3-14/h6-7,19H,2-5,8-10H2,1H3. The topological polar surface area (TPSA) is 45.6 Å². The molecule has 1 aliphatic heterocycles. The second kappa shape index (κ2) is 7.05. The van der Waals surface area contributed by atoms with E-state index in [-0.39, 0.29) is 12.0 Å². The van der Waals surface area contributed by atoms with Crippen LogP contribution in [-0.4, -0.2) is 48.4 Å². The molecule has 6 heteroatoms. The van der Waals surface area contributed by atoms with Crippen LogP contribution in [0.15, 0.2) is 12.3 Å². The van der Waals surface area contributed by atoms with Gasteiger partial charge in [0.25, 0.3) is 0 Å². The number of pyridine rings is 1.